The zero-order valence-electron chi connectivity index (χ0n) is 25.4. The Bertz CT molecular complexity index is 1090. The number of likely N-dealkylation sites (N-methyl/N-ethyl adjacent to an activating group) is 1. The molecule has 2 fully saturated rings. The first kappa shape index (κ1) is 30.9. The quantitative estimate of drug-likeness (QED) is 0.341. The Morgan fingerprint density at radius 3 is 2.49 bits per heavy atom. The molecule has 2 saturated heterocycles. The van der Waals surface area contributed by atoms with E-state index in [9.17, 15) is 19.5 Å². The van der Waals surface area contributed by atoms with Gasteiger partial charge in [0, 0.05) is 64.7 Å². The summed E-state index contributed by atoms with van der Waals surface area (Å²) in [7, 11) is 8.23. The van der Waals surface area contributed by atoms with Gasteiger partial charge < -0.3 is 33.8 Å². The molecule has 3 atom stereocenters. The number of fused-ring (bicyclic) bond motifs is 1. The minimum Gasteiger partial charge on any atom is -0.481 e. The number of quaternary nitrogens is 1. The second-order valence-corrected chi connectivity index (χ2v) is 12.7. The van der Waals surface area contributed by atoms with E-state index in [1.54, 1.807) is 16.8 Å². The summed E-state index contributed by atoms with van der Waals surface area (Å²) in [5.74, 6) is -0.619. The number of benzene rings is 1. The van der Waals surface area contributed by atoms with Crippen LogP contribution >= 0.6 is 0 Å². The number of carbonyl (C=O) groups is 3. The molecule has 0 radical (unpaired) electrons. The van der Waals surface area contributed by atoms with Crippen molar-refractivity contribution in [3.8, 4) is 11.5 Å². The number of unbranched alkanes of at least 4 members (excludes halogenated alkanes) is 1. The van der Waals surface area contributed by atoms with Gasteiger partial charge in [0.1, 0.15) is 0 Å². The molecule has 0 aromatic heterocycles. The van der Waals surface area contributed by atoms with Gasteiger partial charge in [0.05, 0.1) is 40.2 Å². The van der Waals surface area contributed by atoms with Crippen LogP contribution in [0.4, 0.5) is 4.79 Å². The third kappa shape index (κ3) is 7.62. The van der Waals surface area contributed by atoms with Crippen LogP contribution in [0.2, 0.25) is 0 Å². The van der Waals surface area contributed by atoms with Crippen LogP contribution in [0.5, 0.6) is 11.5 Å². The van der Waals surface area contributed by atoms with Gasteiger partial charge in [0.15, 0.2) is 11.5 Å². The van der Waals surface area contributed by atoms with E-state index >= 15 is 0 Å². The molecule has 3 aliphatic heterocycles. The number of nitrogens with zero attached hydrogens (tertiary/aromatic N) is 5. The van der Waals surface area contributed by atoms with Gasteiger partial charge in [0.2, 0.25) is 12.7 Å². The van der Waals surface area contributed by atoms with Crippen molar-refractivity contribution in [3.05, 3.63) is 23.8 Å². The third-order valence-electron chi connectivity index (χ3n) is 8.58. The summed E-state index contributed by atoms with van der Waals surface area (Å²) >= 11 is 0. The first-order valence-corrected chi connectivity index (χ1v) is 14.9. The van der Waals surface area contributed by atoms with Crippen molar-refractivity contribution in [3.63, 3.8) is 0 Å². The standard InChI is InChI=1S/C30H47N5O6/c1-6-7-12-32(13-8-17-35(3,4)5)27(36)20-34-19-23(22-9-10-25-26(18-22)41-21-40-25)28(29(37)38)24(34)11-14-33-16-15-31(2)30(33)39/h9-10,18,23-24,28H,6-8,11-17,19-21H2,1-5H3/p+1/t23-,24+,28-/m1/s1. The van der Waals surface area contributed by atoms with Gasteiger partial charge in [-0.2, -0.15) is 0 Å². The van der Waals surface area contributed by atoms with Crippen LogP contribution in [0.25, 0.3) is 0 Å². The van der Waals surface area contributed by atoms with Gasteiger partial charge in [-0.05, 0) is 30.5 Å². The monoisotopic (exact) mass is 574 g/mol. The molecule has 0 saturated carbocycles. The van der Waals surface area contributed by atoms with E-state index in [1.807, 2.05) is 23.1 Å². The van der Waals surface area contributed by atoms with Crippen LogP contribution in [0, 0.1) is 5.92 Å². The summed E-state index contributed by atoms with van der Waals surface area (Å²) in [5, 5.41) is 10.5. The Balaban J connectivity index is 1.55. The average molecular weight is 575 g/mol. The molecule has 228 valence electrons. The van der Waals surface area contributed by atoms with Crippen LogP contribution in [0.3, 0.4) is 0 Å². The second-order valence-electron chi connectivity index (χ2n) is 12.7. The van der Waals surface area contributed by atoms with E-state index in [4.69, 9.17) is 9.47 Å². The number of hydrogen-bond acceptors (Lipinski definition) is 6. The molecule has 3 aliphatic rings. The van der Waals surface area contributed by atoms with E-state index in [1.165, 1.54) is 0 Å². The first-order chi connectivity index (χ1) is 19.5. The number of carboxylic acid groups (broad SMARTS) is 1. The molecule has 41 heavy (non-hydrogen) atoms. The zero-order valence-corrected chi connectivity index (χ0v) is 25.4. The number of ether oxygens (including phenoxy) is 2. The molecule has 11 nitrogen and oxygen atoms in total. The van der Waals surface area contributed by atoms with Crippen LogP contribution in [-0.2, 0) is 9.59 Å². The minimum atomic E-state index is -0.886. The molecule has 3 heterocycles. The number of amides is 3. The lowest BCUT2D eigenvalue weighted by Gasteiger charge is -2.31. The molecule has 0 bridgehead atoms. The summed E-state index contributed by atoms with van der Waals surface area (Å²) in [6.07, 6.45) is 3.32. The van der Waals surface area contributed by atoms with Crippen molar-refractivity contribution in [2.75, 3.05) is 87.3 Å². The lowest BCUT2D eigenvalue weighted by atomic mass is 9.84. The Labute approximate surface area is 244 Å². The Morgan fingerprint density at radius 2 is 1.83 bits per heavy atom. The highest BCUT2D eigenvalue weighted by atomic mass is 16.7. The van der Waals surface area contributed by atoms with E-state index in [-0.39, 0.29) is 37.2 Å². The topological polar surface area (TPSA) is 103 Å². The molecule has 1 aromatic rings. The fourth-order valence-corrected chi connectivity index (χ4v) is 6.25. The van der Waals surface area contributed by atoms with Gasteiger partial charge in [-0.15, -0.1) is 0 Å². The highest BCUT2D eigenvalue weighted by Crippen LogP contribution is 2.42. The molecule has 3 amide bonds. The smallest absolute Gasteiger partial charge is 0.319 e. The number of carbonyl (C=O) groups excluding carboxylic acids is 2. The van der Waals surface area contributed by atoms with Crippen LogP contribution in [-0.4, -0.2) is 140 Å². The Morgan fingerprint density at radius 1 is 1.10 bits per heavy atom. The van der Waals surface area contributed by atoms with E-state index in [0.29, 0.717) is 57.2 Å². The van der Waals surface area contributed by atoms with Crippen molar-refractivity contribution < 1.29 is 33.4 Å². The number of likely N-dealkylation sites (tertiary alicyclic amines) is 1. The molecule has 0 spiro atoms. The van der Waals surface area contributed by atoms with Crippen molar-refractivity contribution >= 4 is 17.9 Å². The van der Waals surface area contributed by atoms with E-state index in [2.05, 4.69) is 33.0 Å². The normalized spacial score (nSPS) is 22.6. The predicted molar refractivity (Wildman–Crippen MR) is 155 cm³/mol. The van der Waals surface area contributed by atoms with Crippen LogP contribution < -0.4 is 9.47 Å². The Kier molecular flexibility index (Phi) is 10.0. The molecule has 11 heteroatoms. The molecule has 0 aliphatic carbocycles. The maximum absolute atomic E-state index is 13.8. The van der Waals surface area contributed by atoms with Crippen molar-refractivity contribution in [1.82, 2.24) is 19.6 Å². The number of aliphatic carboxylic acids is 1. The van der Waals surface area contributed by atoms with E-state index < -0.39 is 11.9 Å². The number of urea groups is 1. The highest BCUT2D eigenvalue weighted by molar-refractivity contribution is 5.79. The lowest BCUT2D eigenvalue weighted by Crippen LogP contribution is -2.46. The van der Waals surface area contributed by atoms with Crippen molar-refractivity contribution in [2.24, 2.45) is 5.92 Å². The summed E-state index contributed by atoms with van der Waals surface area (Å²) in [6.45, 7) is 6.98. The van der Waals surface area contributed by atoms with Crippen LogP contribution in [0.15, 0.2) is 18.2 Å². The summed E-state index contributed by atoms with van der Waals surface area (Å²) in [4.78, 5) is 46.6. The zero-order chi connectivity index (χ0) is 29.7. The number of carboxylic acids is 1. The van der Waals surface area contributed by atoms with E-state index in [0.717, 1.165) is 35.9 Å². The van der Waals surface area contributed by atoms with Crippen LogP contribution in [0.1, 0.15) is 44.1 Å². The van der Waals surface area contributed by atoms with Gasteiger partial charge in [-0.1, -0.05) is 19.4 Å². The predicted octanol–water partition coefficient (Wildman–Crippen LogP) is 2.37. The lowest BCUT2D eigenvalue weighted by molar-refractivity contribution is -0.870. The molecule has 0 unspecified atom stereocenters. The maximum atomic E-state index is 13.8. The second kappa shape index (κ2) is 13.3. The SMILES string of the molecule is CCCCN(CCC[N+](C)(C)C)C(=O)CN1C[C@H](c2ccc3c(c2)OCO3)[C@@H](C(=O)O)[C@@H]1CCN1CCN(C)C1=O. The Hall–Kier alpha value is -3.05. The molecular weight excluding hydrogens is 526 g/mol. The summed E-state index contributed by atoms with van der Waals surface area (Å²) in [6, 6.07) is 5.20. The minimum absolute atomic E-state index is 0.0344. The fraction of sp³-hybridized carbons (Fsp3) is 0.700. The third-order valence-corrected chi connectivity index (χ3v) is 8.58. The van der Waals surface area contributed by atoms with Gasteiger partial charge in [-0.3, -0.25) is 14.5 Å². The molecule has 1 N–H and O–H groups in total. The maximum Gasteiger partial charge on any atom is 0.319 e. The largest absolute Gasteiger partial charge is 0.481 e. The van der Waals surface area contributed by atoms with Gasteiger partial charge >= 0.3 is 12.0 Å². The fourth-order valence-electron chi connectivity index (χ4n) is 6.25. The number of rotatable bonds is 14. The van der Waals surface area contributed by atoms with Gasteiger partial charge in [-0.25, -0.2) is 4.79 Å². The average Bonchev–Trinajstić information content (AvgIpc) is 3.61. The van der Waals surface area contributed by atoms with Gasteiger partial charge in [0.25, 0.3) is 0 Å². The molecule has 1 aromatic carbocycles. The number of hydrogen-bond donors (Lipinski definition) is 1. The van der Waals surface area contributed by atoms with Crippen molar-refractivity contribution in [2.45, 2.75) is 44.6 Å². The molecular formula is C30H48N5O6+. The first-order valence-electron chi connectivity index (χ1n) is 14.9. The summed E-state index contributed by atoms with van der Waals surface area (Å²) < 4.78 is 11.9. The summed E-state index contributed by atoms with van der Waals surface area (Å²) in [5.41, 5.74) is 0.865. The van der Waals surface area contributed by atoms with Crippen molar-refractivity contribution in [1.29, 1.82) is 0 Å². The molecule has 4 rings (SSSR count). The highest BCUT2D eigenvalue weighted by Gasteiger charge is 2.47.